The number of nitrogens with zero attached hydrogens (tertiary/aromatic N) is 2. The summed E-state index contributed by atoms with van der Waals surface area (Å²) >= 11 is 0. The monoisotopic (exact) mass is 270 g/mol. The van der Waals surface area contributed by atoms with Gasteiger partial charge in [0.25, 0.3) is 0 Å². The van der Waals surface area contributed by atoms with Crippen molar-refractivity contribution in [3.8, 4) is 0 Å². The fraction of sp³-hybridized carbons (Fsp3) is 0.929. The van der Waals surface area contributed by atoms with Crippen molar-refractivity contribution in [3.05, 3.63) is 0 Å². The van der Waals surface area contributed by atoms with Crippen molar-refractivity contribution in [3.63, 3.8) is 0 Å². The number of nitrogens with two attached hydrogens (primary N) is 1. The van der Waals surface area contributed by atoms with E-state index in [1.165, 1.54) is 13.0 Å². The second kappa shape index (κ2) is 8.51. The van der Waals surface area contributed by atoms with Gasteiger partial charge < -0.3 is 16.0 Å². The molecule has 0 aliphatic carbocycles. The van der Waals surface area contributed by atoms with E-state index in [1.54, 1.807) is 0 Å². The highest BCUT2D eigenvalue weighted by Gasteiger charge is 2.24. The number of hydrogen-bond donors (Lipinski definition) is 2. The summed E-state index contributed by atoms with van der Waals surface area (Å²) in [5.41, 5.74) is 5.84. The second-order valence-electron chi connectivity index (χ2n) is 5.69. The normalized spacial score (nSPS) is 19.6. The second-order valence-corrected chi connectivity index (χ2v) is 5.69. The quantitative estimate of drug-likeness (QED) is 0.696. The molecule has 0 bridgehead atoms. The fourth-order valence-electron chi connectivity index (χ4n) is 2.62. The minimum atomic E-state index is 0.112. The molecule has 1 amide bonds. The van der Waals surface area contributed by atoms with Crippen LogP contribution >= 0.6 is 0 Å². The predicted octanol–water partition coefficient (Wildman–Crippen LogP) is 0.256. The number of carbonyl (C=O) groups excluding carboxylic acids is 1. The summed E-state index contributed by atoms with van der Waals surface area (Å²) in [4.78, 5) is 16.7. The van der Waals surface area contributed by atoms with E-state index in [9.17, 15) is 4.79 Å². The minimum Gasteiger partial charge on any atom is -0.354 e. The molecule has 1 fully saturated rings. The van der Waals surface area contributed by atoms with E-state index < -0.39 is 0 Å². The van der Waals surface area contributed by atoms with E-state index in [-0.39, 0.29) is 18.0 Å². The molecule has 112 valence electrons. The number of amides is 1. The third kappa shape index (κ3) is 5.89. The predicted molar refractivity (Wildman–Crippen MR) is 79.0 cm³/mol. The molecule has 1 rings (SSSR count). The highest BCUT2D eigenvalue weighted by Crippen LogP contribution is 2.09. The lowest BCUT2D eigenvalue weighted by Gasteiger charge is -2.38. The molecule has 1 saturated heterocycles. The van der Waals surface area contributed by atoms with E-state index in [4.69, 9.17) is 5.73 Å². The number of rotatable bonds is 7. The molecule has 1 heterocycles. The molecule has 19 heavy (non-hydrogen) atoms. The minimum absolute atomic E-state index is 0.112. The average Bonchev–Trinajstić information content (AvgIpc) is 2.36. The molecule has 1 aliphatic rings. The molecule has 1 unspecified atom stereocenters. The molecule has 0 radical (unpaired) electrons. The van der Waals surface area contributed by atoms with Crippen molar-refractivity contribution in [1.82, 2.24) is 15.1 Å². The van der Waals surface area contributed by atoms with Gasteiger partial charge in [-0.1, -0.05) is 6.92 Å². The lowest BCUT2D eigenvalue weighted by Crippen LogP contribution is -2.53. The van der Waals surface area contributed by atoms with Gasteiger partial charge in [-0.05, 0) is 26.8 Å². The van der Waals surface area contributed by atoms with Crippen LogP contribution < -0.4 is 11.1 Å². The zero-order valence-corrected chi connectivity index (χ0v) is 12.7. The molecular formula is C14H30N4O. The van der Waals surface area contributed by atoms with Gasteiger partial charge >= 0.3 is 0 Å². The number of nitrogens with one attached hydrogen (secondary N) is 1. The van der Waals surface area contributed by atoms with Crippen LogP contribution in [0.4, 0.5) is 0 Å². The van der Waals surface area contributed by atoms with Crippen LogP contribution in [0.5, 0.6) is 0 Å². The lowest BCUT2D eigenvalue weighted by atomic mass is 10.1. The lowest BCUT2D eigenvalue weighted by molar-refractivity contribution is -0.123. The Kier molecular flexibility index (Phi) is 7.34. The number of carbonyl (C=O) groups is 1. The first-order valence-corrected chi connectivity index (χ1v) is 7.52. The van der Waals surface area contributed by atoms with Crippen molar-refractivity contribution >= 4 is 5.91 Å². The Hall–Kier alpha value is -0.650. The maximum absolute atomic E-state index is 11.8. The zero-order valence-electron chi connectivity index (χ0n) is 12.7. The molecule has 1 atom stereocenters. The Labute approximate surface area is 117 Å². The van der Waals surface area contributed by atoms with Gasteiger partial charge in [-0.3, -0.25) is 9.69 Å². The van der Waals surface area contributed by atoms with Crippen LogP contribution in [0.1, 0.15) is 33.6 Å². The molecule has 1 aliphatic heterocycles. The number of piperazine rings is 1. The van der Waals surface area contributed by atoms with E-state index in [1.807, 2.05) is 13.8 Å². The maximum Gasteiger partial charge on any atom is 0.221 e. The first-order chi connectivity index (χ1) is 9.06. The first kappa shape index (κ1) is 16.4. The average molecular weight is 270 g/mol. The Morgan fingerprint density at radius 3 is 2.37 bits per heavy atom. The maximum atomic E-state index is 11.8. The molecular weight excluding hydrogens is 240 g/mol. The van der Waals surface area contributed by atoms with Gasteiger partial charge in [0.2, 0.25) is 5.91 Å². The molecule has 3 N–H and O–H groups in total. The Morgan fingerprint density at radius 2 is 1.89 bits per heavy atom. The summed E-state index contributed by atoms with van der Waals surface area (Å²) in [6.07, 6.45) is 1.72. The standard InChI is InChI=1S/C14H30N4O/c1-4-5-17-6-8-18(9-7-17)13(11-15)10-14(19)16-12(2)3/h12-13H,4-11,15H2,1-3H3,(H,16,19). The van der Waals surface area contributed by atoms with Crippen molar-refractivity contribution in [2.45, 2.75) is 45.7 Å². The summed E-state index contributed by atoms with van der Waals surface area (Å²) in [5, 5.41) is 2.94. The van der Waals surface area contributed by atoms with E-state index in [0.717, 1.165) is 26.2 Å². The van der Waals surface area contributed by atoms with Crippen LogP contribution in [0, 0.1) is 0 Å². The summed E-state index contributed by atoms with van der Waals surface area (Å²) in [5.74, 6) is 0.112. The van der Waals surface area contributed by atoms with Gasteiger partial charge in [-0.15, -0.1) is 0 Å². The molecule has 5 heteroatoms. The van der Waals surface area contributed by atoms with Gasteiger partial charge in [0.15, 0.2) is 0 Å². The van der Waals surface area contributed by atoms with Crippen molar-refractivity contribution in [1.29, 1.82) is 0 Å². The van der Waals surface area contributed by atoms with Gasteiger partial charge in [0.1, 0.15) is 0 Å². The Bertz CT molecular complexity index is 262. The van der Waals surface area contributed by atoms with Crippen LogP contribution in [0.3, 0.4) is 0 Å². The van der Waals surface area contributed by atoms with Gasteiger partial charge in [0.05, 0.1) is 0 Å². The molecule has 0 spiro atoms. The van der Waals surface area contributed by atoms with E-state index in [2.05, 4.69) is 22.0 Å². The van der Waals surface area contributed by atoms with E-state index >= 15 is 0 Å². The largest absolute Gasteiger partial charge is 0.354 e. The molecule has 0 aromatic rings. The summed E-state index contributed by atoms with van der Waals surface area (Å²) in [7, 11) is 0. The molecule has 0 aromatic heterocycles. The molecule has 0 aromatic carbocycles. The van der Waals surface area contributed by atoms with Gasteiger partial charge in [-0.25, -0.2) is 0 Å². The van der Waals surface area contributed by atoms with Crippen molar-refractivity contribution in [2.24, 2.45) is 5.73 Å². The summed E-state index contributed by atoms with van der Waals surface area (Å²) in [6.45, 7) is 12.2. The topological polar surface area (TPSA) is 61.6 Å². The number of hydrogen-bond acceptors (Lipinski definition) is 4. The van der Waals surface area contributed by atoms with Crippen molar-refractivity contribution in [2.75, 3.05) is 39.3 Å². The third-order valence-corrected chi connectivity index (χ3v) is 3.61. The third-order valence-electron chi connectivity index (χ3n) is 3.61. The summed E-state index contributed by atoms with van der Waals surface area (Å²) < 4.78 is 0. The summed E-state index contributed by atoms with van der Waals surface area (Å²) in [6, 6.07) is 0.384. The first-order valence-electron chi connectivity index (χ1n) is 7.52. The molecule has 5 nitrogen and oxygen atoms in total. The zero-order chi connectivity index (χ0) is 14.3. The van der Waals surface area contributed by atoms with Gasteiger partial charge in [0, 0.05) is 51.2 Å². The Morgan fingerprint density at radius 1 is 1.26 bits per heavy atom. The van der Waals surface area contributed by atoms with Crippen LogP contribution in [0.15, 0.2) is 0 Å². The fourth-order valence-corrected chi connectivity index (χ4v) is 2.62. The van der Waals surface area contributed by atoms with E-state index in [0.29, 0.717) is 13.0 Å². The smallest absolute Gasteiger partial charge is 0.221 e. The van der Waals surface area contributed by atoms with Crippen LogP contribution in [-0.2, 0) is 4.79 Å². The highest BCUT2D eigenvalue weighted by molar-refractivity contribution is 5.76. The van der Waals surface area contributed by atoms with Crippen molar-refractivity contribution < 1.29 is 4.79 Å². The molecule has 0 saturated carbocycles. The highest BCUT2D eigenvalue weighted by atomic mass is 16.1. The Balaban J connectivity index is 2.37. The SMILES string of the molecule is CCCN1CCN(C(CN)CC(=O)NC(C)C)CC1. The van der Waals surface area contributed by atoms with Gasteiger partial charge in [-0.2, -0.15) is 0 Å². The van der Waals surface area contributed by atoms with Crippen LogP contribution in [0.25, 0.3) is 0 Å². The van der Waals surface area contributed by atoms with Crippen LogP contribution in [0.2, 0.25) is 0 Å². The van der Waals surface area contributed by atoms with Crippen LogP contribution in [-0.4, -0.2) is 67.1 Å².